The summed E-state index contributed by atoms with van der Waals surface area (Å²) < 4.78 is 0. The number of carboxylic acid groups (broad SMARTS) is 1. The Balaban J connectivity index is 1.64. The fourth-order valence-electron chi connectivity index (χ4n) is 3.46. The number of hydrogen-bond donors (Lipinski definition) is 2. The van der Waals surface area contributed by atoms with Crippen molar-refractivity contribution in [1.82, 2.24) is 10.2 Å². The predicted octanol–water partition coefficient (Wildman–Crippen LogP) is 2.71. The molecule has 1 aliphatic carbocycles. The SMILES string of the molecule is CC1CCC(CNC(=O)N2CCC(CC(=O)O)CC2)CC1. The van der Waals surface area contributed by atoms with E-state index < -0.39 is 5.97 Å². The van der Waals surface area contributed by atoms with Gasteiger partial charge in [-0.05, 0) is 43.4 Å². The van der Waals surface area contributed by atoms with E-state index in [9.17, 15) is 9.59 Å². The Morgan fingerprint density at radius 2 is 1.67 bits per heavy atom. The average molecular weight is 296 g/mol. The van der Waals surface area contributed by atoms with Crippen LogP contribution in [0, 0.1) is 17.8 Å². The van der Waals surface area contributed by atoms with Crippen molar-refractivity contribution in [1.29, 1.82) is 0 Å². The number of nitrogens with zero attached hydrogens (tertiary/aromatic N) is 1. The highest BCUT2D eigenvalue weighted by atomic mass is 16.4. The second-order valence-corrected chi connectivity index (χ2v) is 6.84. The van der Waals surface area contributed by atoms with Crippen LogP contribution in [0.25, 0.3) is 0 Å². The molecule has 2 amide bonds. The number of amides is 2. The lowest BCUT2D eigenvalue weighted by Gasteiger charge is -2.32. The first kappa shape index (κ1) is 16.1. The zero-order valence-electron chi connectivity index (χ0n) is 13.0. The monoisotopic (exact) mass is 296 g/mol. The summed E-state index contributed by atoms with van der Waals surface area (Å²) in [5, 5.41) is 11.9. The quantitative estimate of drug-likeness (QED) is 0.838. The van der Waals surface area contributed by atoms with Gasteiger partial charge in [-0.1, -0.05) is 19.8 Å². The van der Waals surface area contributed by atoms with Crippen LogP contribution in [0.4, 0.5) is 4.79 Å². The Kier molecular flexibility index (Phi) is 5.88. The number of aliphatic carboxylic acids is 1. The van der Waals surface area contributed by atoms with Crippen LogP contribution in [0.3, 0.4) is 0 Å². The van der Waals surface area contributed by atoms with Crippen LogP contribution in [0.2, 0.25) is 0 Å². The molecule has 1 heterocycles. The lowest BCUT2D eigenvalue weighted by atomic mass is 9.83. The van der Waals surface area contributed by atoms with Crippen molar-refractivity contribution < 1.29 is 14.7 Å². The van der Waals surface area contributed by atoms with Crippen molar-refractivity contribution in [3.05, 3.63) is 0 Å². The molecule has 0 bridgehead atoms. The van der Waals surface area contributed by atoms with Crippen molar-refractivity contribution in [2.75, 3.05) is 19.6 Å². The van der Waals surface area contributed by atoms with Gasteiger partial charge < -0.3 is 15.3 Å². The van der Waals surface area contributed by atoms with Gasteiger partial charge in [-0.2, -0.15) is 0 Å². The molecule has 21 heavy (non-hydrogen) atoms. The molecule has 0 radical (unpaired) electrons. The molecule has 0 unspecified atom stereocenters. The summed E-state index contributed by atoms with van der Waals surface area (Å²) in [5.41, 5.74) is 0. The number of urea groups is 1. The lowest BCUT2D eigenvalue weighted by molar-refractivity contribution is -0.138. The Morgan fingerprint density at radius 3 is 2.24 bits per heavy atom. The molecule has 0 aromatic carbocycles. The van der Waals surface area contributed by atoms with Gasteiger partial charge in [0.05, 0.1) is 0 Å². The minimum atomic E-state index is -0.732. The zero-order valence-corrected chi connectivity index (χ0v) is 13.0. The van der Waals surface area contributed by atoms with Crippen molar-refractivity contribution in [3.63, 3.8) is 0 Å². The minimum absolute atomic E-state index is 0.0300. The third-order valence-corrected chi connectivity index (χ3v) is 5.04. The van der Waals surface area contributed by atoms with Crippen molar-refractivity contribution in [3.8, 4) is 0 Å². The van der Waals surface area contributed by atoms with E-state index in [1.165, 1.54) is 25.7 Å². The normalized spacial score (nSPS) is 27.4. The standard InChI is InChI=1S/C16H28N2O3/c1-12-2-4-14(5-3-12)11-17-16(21)18-8-6-13(7-9-18)10-15(19)20/h12-14H,2-11H2,1H3,(H,17,21)(H,19,20). The van der Waals surface area contributed by atoms with Crippen LogP contribution in [-0.2, 0) is 4.79 Å². The molecule has 2 rings (SSSR count). The number of likely N-dealkylation sites (tertiary alicyclic amines) is 1. The molecular formula is C16H28N2O3. The summed E-state index contributed by atoms with van der Waals surface area (Å²) in [7, 11) is 0. The first-order chi connectivity index (χ1) is 10.0. The Hall–Kier alpha value is -1.26. The number of piperidine rings is 1. The Bertz CT molecular complexity index is 357. The van der Waals surface area contributed by atoms with E-state index in [-0.39, 0.29) is 18.4 Å². The average Bonchev–Trinajstić information content (AvgIpc) is 2.46. The maximum absolute atomic E-state index is 12.1. The second-order valence-electron chi connectivity index (χ2n) is 6.84. The van der Waals surface area contributed by atoms with E-state index in [0.717, 1.165) is 25.3 Å². The topological polar surface area (TPSA) is 69.6 Å². The number of rotatable bonds is 4. The van der Waals surface area contributed by atoms with Gasteiger partial charge in [-0.25, -0.2) is 4.79 Å². The van der Waals surface area contributed by atoms with E-state index in [2.05, 4.69) is 12.2 Å². The van der Waals surface area contributed by atoms with Crippen molar-refractivity contribution in [2.24, 2.45) is 17.8 Å². The molecule has 2 N–H and O–H groups in total. The third kappa shape index (κ3) is 5.21. The summed E-state index contributed by atoms with van der Waals surface area (Å²) in [6, 6.07) is 0.0300. The van der Waals surface area contributed by atoms with Gasteiger partial charge in [0.2, 0.25) is 0 Å². The predicted molar refractivity (Wildman–Crippen MR) is 81.1 cm³/mol. The minimum Gasteiger partial charge on any atom is -0.481 e. The fourth-order valence-corrected chi connectivity index (χ4v) is 3.46. The molecule has 0 atom stereocenters. The summed E-state index contributed by atoms with van der Waals surface area (Å²) in [4.78, 5) is 24.7. The van der Waals surface area contributed by atoms with Gasteiger partial charge in [-0.15, -0.1) is 0 Å². The number of carbonyl (C=O) groups excluding carboxylic acids is 1. The maximum Gasteiger partial charge on any atom is 0.317 e. The highest BCUT2D eigenvalue weighted by Gasteiger charge is 2.25. The highest BCUT2D eigenvalue weighted by molar-refractivity contribution is 5.74. The summed E-state index contributed by atoms with van der Waals surface area (Å²) in [6.07, 6.45) is 6.85. The maximum atomic E-state index is 12.1. The Labute approximate surface area is 127 Å². The molecule has 0 aromatic heterocycles. The van der Waals surface area contributed by atoms with E-state index in [1.54, 1.807) is 0 Å². The molecule has 5 heteroatoms. The van der Waals surface area contributed by atoms with Crippen LogP contribution in [0.5, 0.6) is 0 Å². The number of carbonyl (C=O) groups is 2. The number of carboxylic acids is 1. The second kappa shape index (κ2) is 7.66. The van der Waals surface area contributed by atoms with Crippen LogP contribution in [0.15, 0.2) is 0 Å². The van der Waals surface area contributed by atoms with E-state index in [0.29, 0.717) is 19.0 Å². The molecule has 1 saturated carbocycles. The first-order valence-electron chi connectivity index (χ1n) is 8.29. The Morgan fingerprint density at radius 1 is 1.05 bits per heavy atom. The van der Waals surface area contributed by atoms with Crippen LogP contribution < -0.4 is 5.32 Å². The van der Waals surface area contributed by atoms with Gasteiger partial charge in [-0.3, -0.25) is 4.79 Å². The molecule has 2 aliphatic rings. The molecule has 2 fully saturated rings. The van der Waals surface area contributed by atoms with E-state index >= 15 is 0 Å². The van der Waals surface area contributed by atoms with E-state index in [4.69, 9.17) is 5.11 Å². The lowest BCUT2D eigenvalue weighted by Crippen LogP contribution is -2.46. The van der Waals surface area contributed by atoms with Crippen LogP contribution >= 0.6 is 0 Å². The molecule has 5 nitrogen and oxygen atoms in total. The van der Waals surface area contributed by atoms with Crippen molar-refractivity contribution >= 4 is 12.0 Å². The highest BCUT2D eigenvalue weighted by Crippen LogP contribution is 2.27. The molecule has 1 aliphatic heterocycles. The molecular weight excluding hydrogens is 268 g/mol. The van der Waals surface area contributed by atoms with Gasteiger partial charge in [0.1, 0.15) is 0 Å². The molecule has 0 spiro atoms. The van der Waals surface area contributed by atoms with Crippen LogP contribution in [0.1, 0.15) is 51.9 Å². The van der Waals surface area contributed by atoms with Gasteiger partial charge in [0.25, 0.3) is 0 Å². The van der Waals surface area contributed by atoms with Crippen molar-refractivity contribution in [2.45, 2.75) is 51.9 Å². The molecule has 1 saturated heterocycles. The van der Waals surface area contributed by atoms with Gasteiger partial charge in [0.15, 0.2) is 0 Å². The zero-order chi connectivity index (χ0) is 15.2. The molecule has 120 valence electrons. The van der Waals surface area contributed by atoms with Gasteiger partial charge >= 0.3 is 12.0 Å². The van der Waals surface area contributed by atoms with Gasteiger partial charge in [0, 0.05) is 26.1 Å². The van der Waals surface area contributed by atoms with E-state index in [1.807, 2.05) is 4.90 Å². The third-order valence-electron chi connectivity index (χ3n) is 5.04. The van der Waals surface area contributed by atoms with Crippen LogP contribution in [-0.4, -0.2) is 41.6 Å². The number of nitrogens with one attached hydrogen (secondary N) is 1. The smallest absolute Gasteiger partial charge is 0.317 e. The summed E-state index contributed by atoms with van der Waals surface area (Å²) >= 11 is 0. The largest absolute Gasteiger partial charge is 0.481 e. The summed E-state index contributed by atoms with van der Waals surface area (Å²) in [6.45, 7) is 4.47. The first-order valence-corrected chi connectivity index (χ1v) is 8.29. The number of hydrogen-bond acceptors (Lipinski definition) is 2. The summed E-state index contributed by atoms with van der Waals surface area (Å²) in [5.74, 6) is 0.968. The fraction of sp³-hybridized carbons (Fsp3) is 0.875. The molecule has 0 aromatic rings.